The van der Waals surface area contributed by atoms with Crippen LogP contribution in [0.3, 0.4) is 0 Å². The van der Waals surface area contributed by atoms with E-state index in [1.807, 2.05) is 6.07 Å². The molecule has 0 N–H and O–H groups in total. The van der Waals surface area contributed by atoms with E-state index in [0.717, 1.165) is 83.7 Å². The van der Waals surface area contributed by atoms with Gasteiger partial charge in [-0.1, -0.05) is 224 Å². The molecule has 0 radical (unpaired) electrons. The molecule has 65 heavy (non-hydrogen) atoms. The Bertz CT molecular complexity index is 2790. The summed E-state index contributed by atoms with van der Waals surface area (Å²) < 4.78 is 22.1. The highest BCUT2D eigenvalue weighted by Gasteiger charge is 2.48. The van der Waals surface area contributed by atoms with Crippen molar-refractivity contribution in [3.63, 3.8) is 0 Å². The van der Waals surface area contributed by atoms with Crippen LogP contribution in [0.1, 0.15) is 12.5 Å². The standard InChI is InChI=1S/C60H49N2OPS/c1-45(37-38-46-23-9-2-10-24-46)65-64(63)61(59-55(49-29-15-5-16-30-49)41-53(47-25-11-3-12-26-47)42-56(59)50-31-17-6-18-32-50)39-40-62(64)60-57(51-33-19-7-20-34-51)43-54(48-27-13-4-14-28-48)44-58(60)52-35-21-8-22-36-52/h2-38,41-45H,39-40H2,1H3/b38-37+. The summed E-state index contributed by atoms with van der Waals surface area (Å²) in [5.41, 5.74) is 16.0. The van der Waals surface area contributed by atoms with Gasteiger partial charge in [0.1, 0.15) is 0 Å². The lowest BCUT2D eigenvalue weighted by atomic mass is 9.90. The summed E-state index contributed by atoms with van der Waals surface area (Å²) in [4.78, 5) is 0. The van der Waals surface area contributed by atoms with Crippen LogP contribution in [0.5, 0.6) is 0 Å². The van der Waals surface area contributed by atoms with Crippen molar-refractivity contribution in [3.8, 4) is 66.8 Å². The van der Waals surface area contributed by atoms with Crippen molar-refractivity contribution >= 4 is 35.5 Å². The number of benzene rings is 9. The van der Waals surface area contributed by atoms with Crippen LogP contribution in [0.4, 0.5) is 11.4 Å². The predicted molar refractivity (Wildman–Crippen MR) is 280 cm³/mol. The minimum Gasteiger partial charge on any atom is -0.296 e. The van der Waals surface area contributed by atoms with Crippen molar-refractivity contribution in [2.75, 3.05) is 22.4 Å². The van der Waals surface area contributed by atoms with Crippen LogP contribution in [0.15, 0.2) is 243 Å². The van der Waals surface area contributed by atoms with Crippen LogP contribution >= 0.6 is 18.0 Å². The molecule has 0 amide bonds. The van der Waals surface area contributed by atoms with E-state index >= 15 is 4.57 Å². The third-order valence-corrected chi connectivity index (χ3v) is 17.9. The Morgan fingerprint density at radius 2 is 0.677 bits per heavy atom. The van der Waals surface area contributed by atoms with Crippen LogP contribution in [0.25, 0.3) is 72.8 Å². The molecule has 1 fully saturated rings. The van der Waals surface area contributed by atoms with E-state index in [4.69, 9.17) is 0 Å². The predicted octanol–water partition coefficient (Wildman–Crippen LogP) is 17.0. The molecule has 10 rings (SSSR count). The van der Waals surface area contributed by atoms with Gasteiger partial charge in [0.15, 0.2) is 0 Å². The smallest absolute Gasteiger partial charge is 0.296 e. The van der Waals surface area contributed by atoms with Crippen molar-refractivity contribution in [2.45, 2.75) is 12.2 Å². The molecule has 0 aliphatic carbocycles. The second-order valence-corrected chi connectivity index (χ2v) is 21.3. The number of hydrogen-bond donors (Lipinski definition) is 0. The van der Waals surface area contributed by atoms with Gasteiger partial charge in [0.2, 0.25) is 0 Å². The second-order valence-electron chi connectivity index (χ2n) is 16.4. The molecule has 1 saturated heterocycles. The summed E-state index contributed by atoms with van der Waals surface area (Å²) in [6.45, 7) is -0.364. The van der Waals surface area contributed by atoms with Crippen LogP contribution in [0.2, 0.25) is 0 Å². The Balaban J connectivity index is 1.25. The Hall–Kier alpha value is -7.10. The Morgan fingerprint density at radius 1 is 0.400 bits per heavy atom. The van der Waals surface area contributed by atoms with Crippen LogP contribution < -0.4 is 9.34 Å². The van der Waals surface area contributed by atoms with E-state index < -0.39 is 6.65 Å². The van der Waals surface area contributed by atoms with Gasteiger partial charge in [-0.25, -0.2) is 0 Å². The van der Waals surface area contributed by atoms with Crippen molar-refractivity contribution < 1.29 is 4.57 Å². The normalized spacial score (nSPS) is 13.9. The zero-order chi connectivity index (χ0) is 44.0. The molecule has 9 aromatic rings. The van der Waals surface area contributed by atoms with Gasteiger partial charge in [-0.2, -0.15) is 0 Å². The maximum absolute atomic E-state index is 17.5. The molecule has 316 valence electrons. The summed E-state index contributed by atoms with van der Waals surface area (Å²) in [6.07, 6.45) is 4.37. The molecule has 3 nitrogen and oxygen atoms in total. The Labute approximate surface area is 387 Å². The molecule has 9 aromatic carbocycles. The fraction of sp³-hybridized carbons (Fsp3) is 0.0667. The van der Waals surface area contributed by atoms with E-state index in [0.29, 0.717) is 13.1 Å². The molecule has 1 aliphatic heterocycles. The lowest BCUT2D eigenvalue weighted by Crippen LogP contribution is -2.20. The number of hydrogen-bond acceptors (Lipinski definition) is 2. The third-order valence-electron chi connectivity index (χ3n) is 12.1. The van der Waals surface area contributed by atoms with Crippen LogP contribution in [-0.4, -0.2) is 18.3 Å². The van der Waals surface area contributed by atoms with Gasteiger partial charge in [0, 0.05) is 40.6 Å². The van der Waals surface area contributed by atoms with Gasteiger partial charge >= 0.3 is 6.65 Å². The average molecular weight is 877 g/mol. The van der Waals surface area contributed by atoms with Gasteiger partial charge in [-0.05, 0) is 92.6 Å². The first-order chi connectivity index (χ1) is 32.0. The topological polar surface area (TPSA) is 23.6 Å². The Kier molecular flexibility index (Phi) is 12.2. The third kappa shape index (κ3) is 8.76. The summed E-state index contributed by atoms with van der Waals surface area (Å²) >= 11 is 1.57. The van der Waals surface area contributed by atoms with E-state index in [9.17, 15) is 0 Å². The fourth-order valence-electron chi connectivity index (χ4n) is 9.00. The first kappa shape index (κ1) is 41.9. The van der Waals surface area contributed by atoms with Gasteiger partial charge in [-0.15, -0.1) is 0 Å². The van der Waals surface area contributed by atoms with Crippen molar-refractivity contribution in [3.05, 3.63) is 248 Å². The minimum atomic E-state index is -3.64. The summed E-state index contributed by atoms with van der Waals surface area (Å²) in [5, 5.41) is -0.114. The molecule has 0 spiro atoms. The average Bonchev–Trinajstić information content (AvgIpc) is 3.71. The molecule has 0 bridgehead atoms. The fourth-order valence-corrected chi connectivity index (χ4v) is 14.9. The Morgan fingerprint density at radius 3 is 0.985 bits per heavy atom. The van der Waals surface area contributed by atoms with Crippen molar-refractivity contribution in [1.29, 1.82) is 0 Å². The first-order valence-electron chi connectivity index (χ1n) is 22.3. The largest absolute Gasteiger partial charge is 0.319 e. The highest BCUT2D eigenvalue weighted by Crippen LogP contribution is 2.73. The van der Waals surface area contributed by atoms with Gasteiger partial charge in [-0.3, -0.25) is 13.9 Å². The first-order valence-corrected chi connectivity index (χ1v) is 25.4. The zero-order valence-corrected chi connectivity index (χ0v) is 38.0. The molecule has 1 unspecified atom stereocenters. The molecular weight excluding hydrogens is 828 g/mol. The molecule has 1 heterocycles. The van der Waals surface area contributed by atoms with Crippen molar-refractivity contribution in [2.24, 2.45) is 0 Å². The maximum atomic E-state index is 17.5. The number of nitrogens with zero attached hydrogens (tertiary/aromatic N) is 2. The van der Waals surface area contributed by atoms with Gasteiger partial charge in [0.25, 0.3) is 0 Å². The molecule has 1 atom stereocenters. The van der Waals surface area contributed by atoms with E-state index in [2.05, 4.69) is 259 Å². The van der Waals surface area contributed by atoms with Gasteiger partial charge < -0.3 is 0 Å². The highest BCUT2D eigenvalue weighted by atomic mass is 32.7. The molecule has 5 heteroatoms. The summed E-state index contributed by atoms with van der Waals surface area (Å²) in [5.74, 6) is 0. The van der Waals surface area contributed by atoms with Crippen LogP contribution in [-0.2, 0) is 4.57 Å². The summed E-state index contributed by atoms with van der Waals surface area (Å²) in [7, 11) is 0. The van der Waals surface area contributed by atoms with Gasteiger partial charge in [0.05, 0.1) is 11.4 Å². The zero-order valence-electron chi connectivity index (χ0n) is 36.3. The number of rotatable bonds is 12. The number of anilines is 2. The second kappa shape index (κ2) is 18.9. The lowest BCUT2D eigenvalue weighted by molar-refractivity contribution is 0.585. The van der Waals surface area contributed by atoms with E-state index in [1.54, 1.807) is 11.4 Å². The molecular formula is C60H49N2OPS. The maximum Gasteiger partial charge on any atom is 0.319 e. The highest BCUT2D eigenvalue weighted by molar-refractivity contribution is 8.59. The van der Waals surface area contributed by atoms with Crippen molar-refractivity contribution in [1.82, 2.24) is 0 Å². The molecule has 0 saturated carbocycles. The lowest BCUT2D eigenvalue weighted by Gasteiger charge is -2.37. The monoisotopic (exact) mass is 876 g/mol. The van der Waals surface area contributed by atoms with Crippen LogP contribution in [0, 0.1) is 0 Å². The SMILES string of the molecule is CC(/C=C/c1ccccc1)SP1(=O)N(c2c(-c3ccccc3)cc(-c3ccccc3)cc2-c2ccccc2)CCN1c1c(-c2ccccc2)cc(-c2ccccc2)cc1-c1ccccc1. The van der Waals surface area contributed by atoms with E-state index in [-0.39, 0.29) is 5.25 Å². The molecule has 1 aliphatic rings. The quantitative estimate of drug-likeness (QED) is 0.114. The summed E-state index contributed by atoms with van der Waals surface area (Å²) in [6, 6.07) is 83.4. The van der Waals surface area contributed by atoms with E-state index in [1.165, 1.54) is 0 Å². The minimum absolute atomic E-state index is 0.114. The molecule has 0 aromatic heterocycles.